The summed E-state index contributed by atoms with van der Waals surface area (Å²) in [6, 6.07) is 5.10. The molecule has 0 unspecified atom stereocenters. The molecule has 0 atom stereocenters. The Hall–Kier alpha value is -1.31. The Labute approximate surface area is 134 Å². The lowest BCUT2D eigenvalue weighted by Gasteiger charge is -2.27. The van der Waals surface area contributed by atoms with E-state index in [0.29, 0.717) is 28.9 Å². The van der Waals surface area contributed by atoms with E-state index in [-0.39, 0.29) is 11.7 Å². The van der Waals surface area contributed by atoms with Crippen molar-refractivity contribution >= 4 is 44.8 Å². The number of carbonyl (C=O) groups excluding carboxylic acids is 1. The van der Waals surface area contributed by atoms with E-state index in [2.05, 4.69) is 20.9 Å². The number of amidine groups is 1. The number of phenols is 1. The highest BCUT2D eigenvalue weighted by molar-refractivity contribution is 9.10. The van der Waals surface area contributed by atoms with Crippen LogP contribution in [0.25, 0.3) is 6.08 Å². The van der Waals surface area contributed by atoms with Crippen molar-refractivity contribution in [2.24, 2.45) is 4.99 Å². The van der Waals surface area contributed by atoms with Crippen LogP contribution in [0.2, 0.25) is 0 Å². The smallest absolute Gasteiger partial charge is 0.286 e. The number of halogens is 1. The van der Waals surface area contributed by atoms with Gasteiger partial charge in [-0.3, -0.25) is 4.79 Å². The average Bonchev–Trinajstić information content (AvgIpc) is 2.85. The summed E-state index contributed by atoms with van der Waals surface area (Å²) < 4.78 is 6.14. The van der Waals surface area contributed by atoms with Crippen LogP contribution < -0.4 is 0 Å². The maximum atomic E-state index is 12.0. The standard InChI is InChI=1S/C14H13BrN2O3S/c15-10-1-2-11(18)9(7-10)8-12-13(19)16-14(21-12)17-3-5-20-6-4-17/h1-2,7-8,18H,3-6H2/b12-8+. The number of aromatic hydroxyl groups is 1. The summed E-state index contributed by atoms with van der Waals surface area (Å²) in [5.74, 6) is -0.125. The summed E-state index contributed by atoms with van der Waals surface area (Å²) in [7, 11) is 0. The van der Waals surface area contributed by atoms with Gasteiger partial charge in [-0.05, 0) is 36.0 Å². The minimum absolute atomic E-state index is 0.138. The van der Waals surface area contributed by atoms with Crippen molar-refractivity contribution in [3.05, 3.63) is 33.1 Å². The molecule has 7 heteroatoms. The van der Waals surface area contributed by atoms with Crippen molar-refractivity contribution in [1.82, 2.24) is 4.90 Å². The van der Waals surface area contributed by atoms with Crippen molar-refractivity contribution in [2.75, 3.05) is 26.3 Å². The van der Waals surface area contributed by atoms with Crippen LogP contribution in [0, 0.1) is 0 Å². The fourth-order valence-corrected chi connectivity index (χ4v) is 3.40. The van der Waals surface area contributed by atoms with Crippen molar-refractivity contribution in [3.8, 4) is 5.75 Å². The zero-order valence-corrected chi connectivity index (χ0v) is 13.5. The molecule has 1 aromatic carbocycles. The van der Waals surface area contributed by atoms with Crippen LogP contribution in [-0.2, 0) is 9.53 Å². The van der Waals surface area contributed by atoms with Gasteiger partial charge in [0, 0.05) is 23.1 Å². The van der Waals surface area contributed by atoms with Gasteiger partial charge in [0.1, 0.15) is 5.75 Å². The lowest BCUT2D eigenvalue weighted by atomic mass is 10.2. The molecular weight excluding hydrogens is 356 g/mol. The van der Waals surface area contributed by atoms with Gasteiger partial charge >= 0.3 is 0 Å². The molecule has 1 fully saturated rings. The number of amides is 1. The summed E-state index contributed by atoms with van der Waals surface area (Å²) in [6.45, 7) is 2.79. The summed E-state index contributed by atoms with van der Waals surface area (Å²) >= 11 is 4.69. The quantitative estimate of drug-likeness (QED) is 0.771. The van der Waals surface area contributed by atoms with Crippen molar-refractivity contribution in [1.29, 1.82) is 0 Å². The Morgan fingerprint density at radius 2 is 2.14 bits per heavy atom. The first kappa shape index (κ1) is 14.6. The minimum atomic E-state index is -0.263. The number of benzene rings is 1. The van der Waals surface area contributed by atoms with Crippen LogP contribution >= 0.6 is 27.7 Å². The molecule has 0 spiro atoms. The Balaban J connectivity index is 1.80. The largest absolute Gasteiger partial charge is 0.507 e. The second kappa shape index (κ2) is 6.21. The number of nitrogens with zero attached hydrogens (tertiary/aromatic N) is 2. The van der Waals surface area contributed by atoms with Crippen LogP contribution in [0.3, 0.4) is 0 Å². The number of rotatable bonds is 1. The van der Waals surface area contributed by atoms with Crippen LogP contribution in [0.1, 0.15) is 5.56 Å². The molecule has 3 rings (SSSR count). The van der Waals surface area contributed by atoms with Crippen LogP contribution in [0.5, 0.6) is 5.75 Å². The third-order valence-corrected chi connectivity index (χ3v) is 4.70. The maximum Gasteiger partial charge on any atom is 0.286 e. The van der Waals surface area contributed by atoms with E-state index in [4.69, 9.17) is 4.74 Å². The topological polar surface area (TPSA) is 62.1 Å². The predicted molar refractivity (Wildman–Crippen MR) is 86.2 cm³/mol. The van der Waals surface area contributed by atoms with E-state index in [1.54, 1.807) is 24.3 Å². The van der Waals surface area contributed by atoms with Gasteiger partial charge in [-0.2, -0.15) is 4.99 Å². The molecule has 21 heavy (non-hydrogen) atoms. The molecule has 0 bridgehead atoms. The average molecular weight is 369 g/mol. The molecule has 5 nitrogen and oxygen atoms in total. The van der Waals surface area contributed by atoms with Gasteiger partial charge < -0.3 is 14.7 Å². The first-order chi connectivity index (χ1) is 10.1. The van der Waals surface area contributed by atoms with Crippen molar-refractivity contribution in [3.63, 3.8) is 0 Å². The SMILES string of the molecule is O=C1N=C(N2CCOCC2)S/C1=C/c1cc(Br)ccc1O. The third kappa shape index (κ3) is 3.30. The molecule has 0 radical (unpaired) electrons. The fourth-order valence-electron chi connectivity index (χ4n) is 2.07. The van der Waals surface area contributed by atoms with Gasteiger partial charge in [0.2, 0.25) is 0 Å². The molecule has 1 N–H and O–H groups in total. The summed E-state index contributed by atoms with van der Waals surface area (Å²) in [5, 5.41) is 10.6. The zero-order chi connectivity index (χ0) is 14.8. The molecule has 2 aliphatic rings. The fraction of sp³-hybridized carbons (Fsp3) is 0.286. The number of carbonyl (C=O) groups is 1. The van der Waals surface area contributed by atoms with Gasteiger partial charge in [0.05, 0.1) is 18.1 Å². The number of aliphatic imine (C=N–C) groups is 1. The van der Waals surface area contributed by atoms with Crippen LogP contribution in [0.15, 0.2) is 32.6 Å². The molecule has 2 heterocycles. The normalized spacial score (nSPS) is 21.0. The van der Waals surface area contributed by atoms with E-state index in [9.17, 15) is 9.90 Å². The van der Waals surface area contributed by atoms with Gasteiger partial charge in [-0.1, -0.05) is 15.9 Å². The summed E-state index contributed by atoms with van der Waals surface area (Å²) in [6.07, 6.45) is 1.67. The molecular formula is C14H13BrN2O3S. The predicted octanol–water partition coefficient (Wildman–Crippen LogP) is 2.46. The highest BCUT2D eigenvalue weighted by Gasteiger charge is 2.27. The third-order valence-electron chi connectivity index (χ3n) is 3.17. The van der Waals surface area contributed by atoms with Gasteiger partial charge in [0.25, 0.3) is 5.91 Å². The summed E-state index contributed by atoms with van der Waals surface area (Å²) in [5.41, 5.74) is 0.596. The Bertz CT molecular complexity index is 639. The number of hydrogen-bond donors (Lipinski definition) is 1. The second-order valence-corrected chi connectivity index (χ2v) is 6.54. The molecule has 2 aliphatic heterocycles. The first-order valence-corrected chi connectivity index (χ1v) is 8.08. The highest BCUT2D eigenvalue weighted by Crippen LogP contribution is 2.33. The monoisotopic (exact) mass is 368 g/mol. The molecule has 1 amide bonds. The van der Waals surface area contributed by atoms with E-state index < -0.39 is 0 Å². The molecule has 1 aromatic rings. The number of hydrogen-bond acceptors (Lipinski definition) is 5. The lowest BCUT2D eigenvalue weighted by molar-refractivity contribution is -0.113. The lowest BCUT2D eigenvalue weighted by Crippen LogP contribution is -2.38. The molecule has 1 saturated heterocycles. The molecule has 0 aliphatic carbocycles. The molecule has 0 saturated carbocycles. The van der Waals surface area contributed by atoms with Crippen molar-refractivity contribution in [2.45, 2.75) is 0 Å². The molecule has 0 aromatic heterocycles. The number of ether oxygens (including phenoxy) is 1. The van der Waals surface area contributed by atoms with E-state index in [1.165, 1.54) is 11.8 Å². The number of morpholine rings is 1. The van der Waals surface area contributed by atoms with Gasteiger partial charge in [-0.15, -0.1) is 0 Å². The van der Waals surface area contributed by atoms with Gasteiger partial charge in [0.15, 0.2) is 5.17 Å². The van der Waals surface area contributed by atoms with Crippen LogP contribution in [0.4, 0.5) is 0 Å². The number of thioether (sulfide) groups is 1. The van der Waals surface area contributed by atoms with Crippen molar-refractivity contribution < 1.29 is 14.6 Å². The first-order valence-electron chi connectivity index (χ1n) is 6.47. The molecule has 110 valence electrons. The van der Waals surface area contributed by atoms with E-state index >= 15 is 0 Å². The Morgan fingerprint density at radius 3 is 2.90 bits per heavy atom. The van der Waals surface area contributed by atoms with Gasteiger partial charge in [-0.25, -0.2) is 0 Å². The summed E-state index contributed by atoms with van der Waals surface area (Å²) in [4.78, 5) is 18.7. The van der Waals surface area contributed by atoms with Crippen LogP contribution in [-0.4, -0.2) is 47.4 Å². The second-order valence-electron chi connectivity index (χ2n) is 4.61. The number of phenolic OH excluding ortho intramolecular Hbond substituents is 1. The Kier molecular flexibility index (Phi) is 4.32. The Morgan fingerprint density at radius 1 is 1.38 bits per heavy atom. The maximum absolute atomic E-state index is 12.0. The van der Waals surface area contributed by atoms with E-state index in [1.807, 2.05) is 4.90 Å². The highest BCUT2D eigenvalue weighted by atomic mass is 79.9. The van der Waals surface area contributed by atoms with E-state index in [0.717, 1.165) is 17.6 Å². The zero-order valence-electron chi connectivity index (χ0n) is 11.1. The minimum Gasteiger partial charge on any atom is -0.507 e.